The molecule has 0 heterocycles. The summed E-state index contributed by atoms with van der Waals surface area (Å²) in [5.74, 6) is 1.75. The van der Waals surface area contributed by atoms with Crippen molar-refractivity contribution in [1.82, 2.24) is 0 Å². The minimum atomic E-state index is -2.11. The van der Waals surface area contributed by atoms with E-state index in [0.717, 1.165) is 38.5 Å². The van der Waals surface area contributed by atoms with Crippen LogP contribution < -0.4 is 0 Å². The lowest BCUT2D eigenvalue weighted by Gasteiger charge is -2.70. The molecular weight excluding hydrogens is 557 g/mol. The van der Waals surface area contributed by atoms with Crippen LogP contribution in [-0.4, -0.2) is 54.6 Å². The Balaban J connectivity index is 1.91. The maximum atomic E-state index is 13.8. The lowest BCUT2D eigenvalue weighted by atomic mass is 9.38. The number of ether oxygens (including phenoxy) is 2. The van der Waals surface area contributed by atoms with Crippen molar-refractivity contribution in [2.75, 3.05) is 13.9 Å². The number of Topliss-reactive ketones (excluding diaryl/α,β-unsaturated/α-hetero) is 1. The first-order valence-corrected chi connectivity index (χ1v) is 22.8. The summed E-state index contributed by atoms with van der Waals surface area (Å²) in [6.07, 6.45) is 6.03. The molecule has 0 bridgehead atoms. The highest BCUT2D eigenvalue weighted by Crippen LogP contribution is 2.74. The van der Waals surface area contributed by atoms with Gasteiger partial charge in [0.1, 0.15) is 12.6 Å². The van der Waals surface area contributed by atoms with Gasteiger partial charge < -0.3 is 18.3 Å². The first-order valence-electron chi connectivity index (χ1n) is 16.9. The highest BCUT2D eigenvalue weighted by Gasteiger charge is 2.74. The third-order valence-electron chi connectivity index (χ3n) is 14.2. The van der Waals surface area contributed by atoms with Crippen LogP contribution in [0.5, 0.6) is 0 Å². The van der Waals surface area contributed by atoms with Gasteiger partial charge in [0, 0.05) is 31.0 Å². The van der Waals surface area contributed by atoms with Gasteiger partial charge in [0.25, 0.3) is 0 Å². The Morgan fingerprint density at radius 2 is 1.45 bits per heavy atom. The Kier molecular flexibility index (Phi) is 9.15. The Morgan fingerprint density at radius 3 is 2.00 bits per heavy atom. The van der Waals surface area contributed by atoms with Gasteiger partial charge in [-0.15, -0.1) is 0 Å². The molecule has 0 spiro atoms. The molecule has 5 nitrogen and oxygen atoms in total. The Labute approximate surface area is 261 Å². The molecule has 0 aliphatic heterocycles. The predicted octanol–water partition coefficient (Wildman–Crippen LogP) is 9.22. The third-order valence-corrected chi connectivity index (χ3v) is 23.2. The third kappa shape index (κ3) is 5.40. The van der Waals surface area contributed by atoms with E-state index < -0.39 is 16.6 Å². The summed E-state index contributed by atoms with van der Waals surface area (Å²) in [6.45, 7) is 33.9. The predicted molar refractivity (Wildman–Crippen MR) is 178 cm³/mol. The SMILES string of the molecule is COCO[C@H]1CC[C@@]2(C)[C@H]3[C@H](O[Si](C)(C)C(C)(C)C)C[C@@H]4C(=O)C[C@H](C)C[C@H]4[C@]3(C)C[C@@H](O[Si](C)(C)C(C)(C)C)[C@@]12C. The number of carbonyl (C=O) groups is 1. The second-order valence-corrected chi connectivity index (χ2v) is 28.2. The standard InChI is InChI=1S/C35H66O5Si2/c1-23-18-25-24(26(36)19-23)20-27(39-41(12,13)31(2,3)4)30-33(25,8)21-29(40-42(14,15)32(5,6)7)35(10)28(38-22-37-11)16-17-34(30,35)9/h23-25,27-30H,16-22H2,1-15H3/t23-,24+,25-,27-,28+,29-,30+,33+,34+,35-/m1/s1. The van der Waals surface area contributed by atoms with E-state index in [1.165, 1.54) is 0 Å². The molecular formula is C35H66O5Si2. The van der Waals surface area contributed by atoms with Gasteiger partial charge in [-0.25, -0.2) is 0 Å². The van der Waals surface area contributed by atoms with Crippen molar-refractivity contribution in [1.29, 1.82) is 0 Å². The molecule has 4 rings (SSSR count). The zero-order valence-corrected chi connectivity index (χ0v) is 32.0. The Morgan fingerprint density at radius 1 is 0.881 bits per heavy atom. The fraction of sp³-hybridized carbons (Fsp3) is 0.971. The Hall–Kier alpha value is -0.0562. The first kappa shape index (κ1) is 34.8. The van der Waals surface area contributed by atoms with E-state index in [2.05, 4.69) is 95.4 Å². The Bertz CT molecular complexity index is 1010. The zero-order chi connectivity index (χ0) is 31.9. The maximum absolute atomic E-state index is 13.8. The van der Waals surface area contributed by atoms with Crippen molar-refractivity contribution in [3.8, 4) is 0 Å². The van der Waals surface area contributed by atoms with Gasteiger partial charge in [0.2, 0.25) is 0 Å². The van der Waals surface area contributed by atoms with Gasteiger partial charge in [0.05, 0.1) is 12.2 Å². The van der Waals surface area contributed by atoms with E-state index in [0.29, 0.717) is 30.3 Å². The molecule has 4 saturated carbocycles. The minimum Gasteiger partial charge on any atom is -0.414 e. The molecule has 0 aromatic heterocycles. The number of fused-ring (bicyclic) bond motifs is 5. The molecule has 244 valence electrons. The van der Waals surface area contributed by atoms with Crippen LogP contribution in [0.1, 0.15) is 108 Å². The van der Waals surface area contributed by atoms with E-state index in [1.807, 2.05) is 0 Å². The van der Waals surface area contributed by atoms with Crippen molar-refractivity contribution in [3.63, 3.8) is 0 Å². The van der Waals surface area contributed by atoms with E-state index >= 15 is 0 Å². The van der Waals surface area contributed by atoms with Crippen LogP contribution in [0.4, 0.5) is 0 Å². The van der Waals surface area contributed by atoms with Crippen LogP contribution >= 0.6 is 0 Å². The lowest BCUT2D eigenvalue weighted by molar-refractivity contribution is -0.258. The fourth-order valence-corrected chi connectivity index (χ4v) is 12.4. The van der Waals surface area contributed by atoms with Gasteiger partial charge in [-0.05, 0) is 97.0 Å². The monoisotopic (exact) mass is 622 g/mol. The normalized spacial score (nSPS) is 43.1. The fourth-order valence-electron chi connectivity index (χ4n) is 9.70. The van der Waals surface area contributed by atoms with Gasteiger partial charge in [-0.2, -0.15) is 0 Å². The summed E-state index contributed by atoms with van der Waals surface area (Å²) in [4.78, 5) is 13.8. The number of hydrogen-bond donors (Lipinski definition) is 0. The molecule has 0 N–H and O–H groups in total. The number of hydrogen-bond acceptors (Lipinski definition) is 5. The number of rotatable bonds is 7. The molecule has 0 aromatic rings. The van der Waals surface area contributed by atoms with E-state index in [1.54, 1.807) is 7.11 Å². The van der Waals surface area contributed by atoms with Crippen LogP contribution in [-0.2, 0) is 23.1 Å². The molecule has 4 aliphatic carbocycles. The summed E-state index contributed by atoms with van der Waals surface area (Å²) >= 11 is 0. The number of ketones is 1. The highest BCUT2D eigenvalue weighted by molar-refractivity contribution is 6.74. The van der Waals surface area contributed by atoms with Crippen LogP contribution in [0.25, 0.3) is 0 Å². The second kappa shape index (κ2) is 11.0. The van der Waals surface area contributed by atoms with Crippen molar-refractivity contribution < 1.29 is 23.1 Å². The van der Waals surface area contributed by atoms with E-state index in [9.17, 15) is 4.79 Å². The molecule has 42 heavy (non-hydrogen) atoms. The molecule has 7 heteroatoms. The molecule has 10 atom stereocenters. The summed E-state index contributed by atoms with van der Waals surface area (Å²) < 4.78 is 27.2. The zero-order valence-electron chi connectivity index (χ0n) is 30.0. The molecule has 0 unspecified atom stereocenters. The summed E-state index contributed by atoms with van der Waals surface area (Å²) in [5, 5.41) is 0.218. The average Bonchev–Trinajstić information content (AvgIpc) is 3.08. The quantitative estimate of drug-likeness (QED) is 0.209. The smallest absolute Gasteiger partial charge is 0.192 e. The van der Waals surface area contributed by atoms with Crippen molar-refractivity contribution in [2.45, 2.75) is 162 Å². The van der Waals surface area contributed by atoms with Crippen LogP contribution in [0.3, 0.4) is 0 Å². The first-order chi connectivity index (χ1) is 19.0. The average molecular weight is 623 g/mol. The summed E-state index contributed by atoms with van der Waals surface area (Å²) in [5.41, 5.74) is -0.276. The minimum absolute atomic E-state index is 0.0439. The number of carbonyl (C=O) groups excluding carboxylic acids is 1. The molecule has 0 aromatic carbocycles. The van der Waals surface area contributed by atoms with Crippen molar-refractivity contribution >= 4 is 22.4 Å². The summed E-state index contributed by atoms with van der Waals surface area (Å²) in [6, 6.07) is 0. The van der Waals surface area contributed by atoms with Crippen LogP contribution in [0.15, 0.2) is 0 Å². The van der Waals surface area contributed by atoms with Crippen LogP contribution in [0.2, 0.25) is 36.3 Å². The van der Waals surface area contributed by atoms with E-state index in [4.69, 9.17) is 18.3 Å². The number of methoxy groups -OCH3 is 1. The molecule has 4 aliphatic rings. The van der Waals surface area contributed by atoms with Gasteiger partial charge in [0.15, 0.2) is 16.6 Å². The van der Waals surface area contributed by atoms with E-state index in [-0.39, 0.29) is 50.6 Å². The van der Waals surface area contributed by atoms with Gasteiger partial charge >= 0.3 is 0 Å². The second-order valence-electron chi connectivity index (χ2n) is 18.7. The van der Waals surface area contributed by atoms with Gasteiger partial charge in [-0.1, -0.05) is 69.2 Å². The lowest BCUT2D eigenvalue weighted by Crippen LogP contribution is -2.71. The summed E-state index contributed by atoms with van der Waals surface area (Å²) in [7, 11) is -2.49. The molecule has 0 saturated heterocycles. The molecule has 0 radical (unpaired) electrons. The topological polar surface area (TPSA) is 54.0 Å². The van der Waals surface area contributed by atoms with Crippen molar-refractivity contribution in [3.05, 3.63) is 0 Å². The largest absolute Gasteiger partial charge is 0.414 e. The highest BCUT2D eigenvalue weighted by atomic mass is 28.4. The van der Waals surface area contributed by atoms with Gasteiger partial charge in [-0.3, -0.25) is 4.79 Å². The maximum Gasteiger partial charge on any atom is 0.192 e. The van der Waals surface area contributed by atoms with Crippen LogP contribution in [0, 0.1) is 39.9 Å². The molecule has 4 fully saturated rings. The molecule has 0 amide bonds. The van der Waals surface area contributed by atoms with Crippen molar-refractivity contribution in [2.24, 2.45) is 39.9 Å².